The van der Waals surface area contributed by atoms with Crippen LogP contribution in [-0.2, 0) is 13.6 Å². The number of aryl methyl sites for hydroxylation is 1. The van der Waals surface area contributed by atoms with Crippen molar-refractivity contribution >= 4 is 0 Å². The molecule has 0 spiro atoms. The zero-order chi connectivity index (χ0) is 11.0. The maximum Gasteiger partial charge on any atom is 0.0658 e. The second-order valence-electron chi connectivity index (χ2n) is 4.98. The first-order valence-electron chi connectivity index (χ1n) is 6.29. The molecule has 4 nitrogen and oxygen atoms in total. The average molecular weight is 220 g/mol. The molecule has 3 rings (SSSR count). The highest BCUT2D eigenvalue weighted by atomic mass is 15.3. The van der Waals surface area contributed by atoms with Crippen molar-refractivity contribution in [1.29, 1.82) is 0 Å². The van der Waals surface area contributed by atoms with Crippen LogP contribution in [0.2, 0.25) is 0 Å². The summed E-state index contributed by atoms with van der Waals surface area (Å²) < 4.78 is 2.07. The number of nitrogens with one attached hydrogen (secondary N) is 1. The second kappa shape index (κ2) is 4.18. The molecule has 0 bridgehead atoms. The number of hydrogen-bond donors (Lipinski definition) is 1. The number of rotatable bonds is 3. The van der Waals surface area contributed by atoms with Crippen molar-refractivity contribution in [3.8, 4) is 0 Å². The van der Waals surface area contributed by atoms with Crippen LogP contribution in [0.5, 0.6) is 0 Å². The molecule has 2 heterocycles. The number of aromatic nitrogens is 2. The summed E-state index contributed by atoms with van der Waals surface area (Å²) in [6.45, 7) is 5.60. The lowest BCUT2D eigenvalue weighted by molar-refractivity contribution is 0.228. The quantitative estimate of drug-likeness (QED) is 0.814. The van der Waals surface area contributed by atoms with Gasteiger partial charge in [-0.05, 0) is 18.9 Å². The number of nitrogens with zero attached hydrogens (tertiary/aromatic N) is 3. The lowest BCUT2D eigenvalue weighted by Gasteiger charge is -2.26. The van der Waals surface area contributed by atoms with E-state index in [0.29, 0.717) is 0 Å². The third-order valence-electron chi connectivity index (χ3n) is 3.59. The summed E-state index contributed by atoms with van der Waals surface area (Å²) in [6, 6.07) is 2.31. The molecule has 2 aliphatic rings. The van der Waals surface area contributed by atoms with Crippen molar-refractivity contribution in [3.63, 3.8) is 0 Å². The van der Waals surface area contributed by atoms with Gasteiger partial charge < -0.3 is 5.32 Å². The van der Waals surface area contributed by atoms with Crippen molar-refractivity contribution in [3.05, 3.63) is 17.5 Å². The minimum absolute atomic E-state index is 0.767. The molecule has 0 radical (unpaired) electrons. The van der Waals surface area contributed by atoms with Crippen molar-refractivity contribution in [2.75, 3.05) is 26.2 Å². The predicted molar refractivity (Wildman–Crippen MR) is 63.3 cm³/mol. The Balaban J connectivity index is 1.68. The molecular weight excluding hydrogens is 200 g/mol. The lowest BCUT2D eigenvalue weighted by atomic mass is 10.2. The number of hydrogen-bond acceptors (Lipinski definition) is 3. The van der Waals surface area contributed by atoms with Gasteiger partial charge in [-0.1, -0.05) is 0 Å². The van der Waals surface area contributed by atoms with Crippen LogP contribution in [0.25, 0.3) is 0 Å². The van der Waals surface area contributed by atoms with E-state index in [-0.39, 0.29) is 0 Å². The molecule has 0 unspecified atom stereocenters. The van der Waals surface area contributed by atoms with E-state index in [1.807, 2.05) is 0 Å². The third-order valence-corrected chi connectivity index (χ3v) is 3.59. The van der Waals surface area contributed by atoms with Gasteiger partial charge in [0.05, 0.1) is 11.4 Å². The lowest BCUT2D eigenvalue weighted by Crippen LogP contribution is -2.43. The molecule has 88 valence electrons. The van der Waals surface area contributed by atoms with Crippen molar-refractivity contribution in [2.24, 2.45) is 7.05 Å². The van der Waals surface area contributed by atoms with E-state index in [4.69, 9.17) is 0 Å². The summed E-state index contributed by atoms with van der Waals surface area (Å²) >= 11 is 0. The Morgan fingerprint density at radius 2 is 2.12 bits per heavy atom. The Morgan fingerprint density at radius 3 is 2.81 bits per heavy atom. The van der Waals surface area contributed by atoms with Gasteiger partial charge in [-0.15, -0.1) is 0 Å². The first-order valence-corrected chi connectivity index (χ1v) is 6.29. The van der Waals surface area contributed by atoms with Crippen molar-refractivity contribution in [2.45, 2.75) is 25.3 Å². The van der Waals surface area contributed by atoms with Crippen molar-refractivity contribution < 1.29 is 0 Å². The SMILES string of the molecule is Cn1nc(C2CC2)cc1CN1CCNCC1. The topological polar surface area (TPSA) is 33.1 Å². The molecule has 1 aromatic heterocycles. The van der Waals surface area contributed by atoms with E-state index in [1.165, 1.54) is 24.2 Å². The smallest absolute Gasteiger partial charge is 0.0658 e. The Kier molecular flexibility index (Phi) is 2.69. The highest BCUT2D eigenvalue weighted by molar-refractivity contribution is 5.18. The molecule has 2 fully saturated rings. The fourth-order valence-electron chi connectivity index (χ4n) is 2.36. The first kappa shape index (κ1) is 10.3. The maximum atomic E-state index is 4.61. The van der Waals surface area contributed by atoms with E-state index in [1.54, 1.807) is 0 Å². The van der Waals surface area contributed by atoms with Gasteiger partial charge in [0.25, 0.3) is 0 Å². The van der Waals surface area contributed by atoms with E-state index in [0.717, 1.165) is 38.6 Å². The van der Waals surface area contributed by atoms with E-state index >= 15 is 0 Å². The van der Waals surface area contributed by atoms with Crippen LogP contribution in [0.15, 0.2) is 6.07 Å². The summed E-state index contributed by atoms with van der Waals surface area (Å²) in [5, 5.41) is 8.00. The molecular formula is C12H20N4. The highest BCUT2D eigenvalue weighted by Gasteiger charge is 2.27. The molecule has 4 heteroatoms. The fourth-order valence-corrected chi connectivity index (χ4v) is 2.36. The van der Waals surface area contributed by atoms with Gasteiger partial charge in [0, 0.05) is 45.7 Å². The van der Waals surface area contributed by atoms with Crippen LogP contribution < -0.4 is 5.32 Å². The standard InChI is InChI=1S/C12H20N4/c1-15-11(8-12(14-15)10-2-3-10)9-16-6-4-13-5-7-16/h8,10,13H,2-7,9H2,1H3. The Labute approximate surface area is 96.6 Å². The van der Waals surface area contributed by atoms with Gasteiger partial charge in [-0.2, -0.15) is 5.10 Å². The van der Waals surface area contributed by atoms with Crippen molar-refractivity contribution in [1.82, 2.24) is 20.0 Å². The van der Waals surface area contributed by atoms with Gasteiger partial charge in [-0.3, -0.25) is 9.58 Å². The summed E-state index contributed by atoms with van der Waals surface area (Å²) in [7, 11) is 2.07. The van der Waals surface area contributed by atoms with Gasteiger partial charge in [-0.25, -0.2) is 0 Å². The predicted octanol–water partition coefficient (Wildman–Crippen LogP) is 0.703. The summed E-state index contributed by atoms with van der Waals surface area (Å²) in [4.78, 5) is 2.50. The molecule has 1 N–H and O–H groups in total. The van der Waals surface area contributed by atoms with Gasteiger partial charge >= 0.3 is 0 Å². The minimum Gasteiger partial charge on any atom is -0.314 e. The molecule has 1 saturated carbocycles. The van der Waals surface area contributed by atoms with Crippen LogP contribution in [0, 0.1) is 0 Å². The highest BCUT2D eigenvalue weighted by Crippen LogP contribution is 2.39. The van der Waals surface area contributed by atoms with Crippen LogP contribution in [0.4, 0.5) is 0 Å². The zero-order valence-electron chi connectivity index (χ0n) is 9.95. The maximum absolute atomic E-state index is 4.61. The summed E-state index contributed by atoms with van der Waals surface area (Å²) in [6.07, 6.45) is 2.67. The molecule has 0 aromatic carbocycles. The minimum atomic E-state index is 0.767. The molecule has 1 saturated heterocycles. The molecule has 1 aromatic rings. The van der Waals surface area contributed by atoms with Gasteiger partial charge in [0.15, 0.2) is 0 Å². The zero-order valence-corrected chi connectivity index (χ0v) is 9.95. The van der Waals surface area contributed by atoms with Crippen LogP contribution in [0.1, 0.15) is 30.1 Å². The van der Waals surface area contributed by atoms with Crippen LogP contribution >= 0.6 is 0 Å². The Hall–Kier alpha value is -0.870. The van der Waals surface area contributed by atoms with Crippen LogP contribution in [0.3, 0.4) is 0 Å². The Bertz CT molecular complexity index is 361. The Morgan fingerprint density at radius 1 is 1.38 bits per heavy atom. The van der Waals surface area contributed by atoms with E-state index in [2.05, 4.69) is 33.1 Å². The third kappa shape index (κ3) is 2.13. The van der Waals surface area contributed by atoms with E-state index < -0.39 is 0 Å². The normalized spacial score (nSPS) is 22.6. The summed E-state index contributed by atoms with van der Waals surface area (Å²) in [5.74, 6) is 0.767. The molecule has 1 aliphatic carbocycles. The average Bonchev–Trinajstić information content (AvgIpc) is 3.07. The van der Waals surface area contributed by atoms with Crippen LogP contribution in [-0.4, -0.2) is 40.9 Å². The first-order chi connectivity index (χ1) is 7.83. The fraction of sp³-hybridized carbons (Fsp3) is 0.750. The van der Waals surface area contributed by atoms with E-state index in [9.17, 15) is 0 Å². The molecule has 0 atom stereocenters. The molecule has 0 amide bonds. The molecule has 1 aliphatic heterocycles. The molecule has 16 heavy (non-hydrogen) atoms. The second-order valence-corrected chi connectivity index (χ2v) is 4.98. The summed E-state index contributed by atoms with van der Waals surface area (Å²) in [5.41, 5.74) is 2.68. The van der Waals surface area contributed by atoms with Gasteiger partial charge in [0.2, 0.25) is 0 Å². The largest absolute Gasteiger partial charge is 0.314 e. The van der Waals surface area contributed by atoms with Gasteiger partial charge in [0.1, 0.15) is 0 Å². The monoisotopic (exact) mass is 220 g/mol. The number of piperazine rings is 1.